The lowest BCUT2D eigenvalue weighted by Crippen LogP contribution is -2.06. The summed E-state index contributed by atoms with van der Waals surface area (Å²) in [7, 11) is 1.59. The van der Waals surface area contributed by atoms with Crippen LogP contribution in [0.4, 0.5) is 0 Å². The number of ketones is 1. The van der Waals surface area contributed by atoms with Gasteiger partial charge in [-0.15, -0.1) is 0 Å². The van der Waals surface area contributed by atoms with E-state index in [0.29, 0.717) is 28.0 Å². The molecular weight excluding hydrogens is 316 g/mol. The summed E-state index contributed by atoms with van der Waals surface area (Å²) < 4.78 is 6.82. The third kappa shape index (κ3) is 2.63. The second kappa shape index (κ2) is 6.16. The maximum absolute atomic E-state index is 12.8. The number of ether oxygens (including phenoxy) is 1. The molecular formula is C19H14N4O2. The predicted octanol–water partition coefficient (Wildman–Crippen LogP) is 3.06. The van der Waals surface area contributed by atoms with Crippen LogP contribution in [0.3, 0.4) is 0 Å². The number of hydrogen-bond donors (Lipinski definition) is 0. The monoisotopic (exact) mass is 330 g/mol. The zero-order valence-corrected chi connectivity index (χ0v) is 13.5. The van der Waals surface area contributed by atoms with Gasteiger partial charge in [0.2, 0.25) is 5.78 Å². The van der Waals surface area contributed by atoms with E-state index in [2.05, 4.69) is 15.1 Å². The van der Waals surface area contributed by atoms with Crippen LogP contribution in [-0.4, -0.2) is 32.6 Å². The molecule has 0 amide bonds. The Hall–Kier alpha value is -3.54. The van der Waals surface area contributed by atoms with Crippen molar-refractivity contribution in [2.24, 2.45) is 0 Å². The van der Waals surface area contributed by atoms with Gasteiger partial charge in [-0.1, -0.05) is 18.2 Å². The molecule has 2 aromatic heterocycles. The molecule has 4 aromatic rings. The van der Waals surface area contributed by atoms with Gasteiger partial charge in [0.15, 0.2) is 5.65 Å². The minimum absolute atomic E-state index is 0.178. The Balaban J connectivity index is 1.80. The second-order valence-electron chi connectivity index (χ2n) is 5.41. The molecule has 0 aliphatic carbocycles. The topological polar surface area (TPSA) is 69.9 Å². The van der Waals surface area contributed by atoms with Crippen molar-refractivity contribution in [3.63, 3.8) is 0 Å². The summed E-state index contributed by atoms with van der Waals surface area (Å²) >= 11 is 0. The molecule has 0 saturated carbocycles. The Bertz CT molecular complexity index is 1040. The van der Waals surface area contributed by atoms with Gasteiger partial charge in [0, 0.05) is 5.56 Å². The smallest absolute Gasteiger partial charge is 0.212 e. The number of carbonyl (C=O) groups is 1. The fourth-order valence-corrected chi connectivity index (χ4v) is 2.66. The quantitative estimate of drug-likeness (QED) is 0.538. The lowest BCUT2D eigenvalue weighted by Gasteiger charge is -2.05. The Morgan fingerprint density at radius 1 is 1.00 bits per heavy atom. The molecule has 0 fully saturated rings. The third-order valence-electron chi connectivity index (χ3n) is 3.93. The van der Waals surface area contributed by atoms with E-state index in [1.807, 2.05) is 30.3 Å². The van der Waals surface area contributed by atoms with E-state index in [-0.39, 0.29) is 5.78 Å². The zero-order valence-electron chi connectivity index (χ0n) is 13.5. The number of nitrogens with zero attached hydrogens (tertiary/aromatic N) is 4. The van der Waals surface area contributed by atoms with Crippen LogP contribution >= 0.6 is 0 Å². The lowest BCUT2D eigenvalue weighted by molar-refractivity contribution is 0.103. The molecule has 0 aliphatic rings. The van der Waals surface area contributed by atoms with E-state index in [1.165, 1.54) is 6.33 Å². The van der Waals surface area contributed by atoms with E-state index in [9.17, 15) is 4.79 Å². The summed E-state index contributed by atoms with van der Waals surface area (Å²) in [5.74, 6) is 0.518. The minimum atomic E-state index is -0.178. The summed E-state index contributed by atoms with van der Waals surface area (Å²) in [4.78, 5) is 21.3. The fraction of sp³-hybridized carbons (Fsp3) is 0.0526. The average molecular weight is 330 g/mol. The van der Waals surface area contributed by atoms with Gasteiger partial charge < -0.3 is 4.74 Å². The molecule has 0 N–H and O–H groups in total. The van der Waals surface area contributed by atoms with E-state index < -0.39 is 0 Å². The largest absolute Gasteiger partial charge is 0.497 e. The molecule has 25 heavy (non-hydrogen) atoms. The average Bonchev–Trinajstić information content (AvgIpc) is 3.12. The van der Waals surface area contributed by atoms with Crippen molar-refractivity contribution in [1.82, 2.24) is 19.7 Å². The molecule has 0 aliphatic heterocycles. The van der Waals surface area contributed by atoms with Crippen molar-refractivity contribution >= 4 is 16.8 Å². The molecule has 4 rings (SSSR count). The van der Waals surface area contributed by atoms with Crippen molar-refractivity contribution < 1.29 is 9.53 Å². The first-order chi connectivity index (χ1) is 12.3. The Morgan fingerprint density at radius 3 is 2.48 bits per heavy atom. The summed E-state index contributed by atoms with van der Waals surface area (Å²) in [6.45, 7) is 0. The standard InChI is InChI=1S/C19H14N4O2/c1-25-15-9-7-13(8-10-15)18(24)17-16-11-22-23(19(16)21-12-20-17)14-5-3-2-4-6-14/h2-12H,1H3. The minimum Gasteiger partial charge on any atom is -0.497 e. The summed E-state index contributed by atoms with van der Waals surface area (Å²) in [6, 6.07) is 16.6. The number of methoxy groups -OCH3 is 1. The normalized spacial score (nSPS) is 10.8. The summed E-state index contributed by atoms with van der Waals surface area (Å²) in [5, 5.41) is 4.99. The maximum Gasteiger partial charge on any atom is 0.212 e. The van der Waals surface area contributed by atoms with Crippen LogP contribution in [0, 0.1) is 0 Å². The molecule has 0 radical (unpaired) electrons. The van der Waals surface area contributed by atoms with Crippen molar-refractivity contribution in [2.75, 3.05) is 7.11 Å². The van der Waals surface area contributed by atoms with Crippen LogP contribution in [-0.2, 0) is 0 Å². The first-order valence-corrected chi connectivity index (χ1v) is 7.71. The highest BCUT2D eigenvalue weighted by molar-refractivity contribution is 6.14. The molecule has 0 spiro atoms. The predicted molar refractivity (Wildman–Crippen MR) is 93.1 cm³/mol. The number of hydrogen-bond acceptors (Lipinski definition) is 5. The Kier molecular flexibility index (Phi) is 3.70. The number of carbonyl (C=O) groups excluding carboxylic acids is 1. The van der Waals surface area contributed by atoms with Crippen LogP contribution in [0.15, 0.2) is 67.1 Å². The Morgan fingerprint density at radius 2 is 1.76 bits per heavy atom. The zero-order chi connectivity index (χ0) is 17.2. The molecule has 2 heterocycles. The van der Waals surface area contributed by atoms with Crippen molar-refractivity contribution in [3.05, 3.63) is 78.4 Å². The van der Waals surface area contributed by atoms with Gasteiger partial charge >= 0.3 is 0 Å². The Labute approximate surface area is 143 Å². The highest BCUT2D eigenvalue weighted by atomic mass is 16.5. The second-order valence-corrected chi connectivity index (χ2v) is 5.41. The molecule has 0 bridgehead atoms. The van der Waals surface area contributed by atoms with Gasteiger partial charge in [-0.3, -0.25) is 4.79 Å². The number of benzene rings is 2. The van der Waals surface area contributed by atoms with Crippen LogP contribution in [0.5, 0.6) is 5.75 Å². The molecule has 2 aromatic carbocycles. The van der Waals surface area contributed by atoms with E-state index in [4.69, 9.17) is 4.74 Å². The molecule has 0 unspecified atom stereocenters. The number of aromatic nitrogens is 4. The van der Waals surface area contributed by atoms with Crippen LogP contribution in [0.25, 0.3) is 16.7 Å². The van der Waals surface area contributed by atoms with Gasteiger partial charge in [0.1, 0.15) is 17.8 Å². The molecule has 6 heteroatoms. The highest BCUT2D eigenvalue weighted by Crippen LogP contribution is 2.21. The molecule has 122 valence electrons. The SMILES string of the molecule is COc1ccc(C(=O)c2ncnc3c2cnn3-c2ccccc2)cc1. The number of rotatable bonds is 4. The van der Waals surface area contributed by atoms with Crippen molar-refractivity contribution in [1.29, 1.82) is 0 Å². The summed E-state index contributed by atoms with van der Waals surface area (Å²) in [6.07, 6.45) is 3.01. The third-order valence-corrected chi connectivity index (χ3v) is 3.93. The van der Waals surface area contributed by atoms with Gasteiger partial charge in [0.25, 0.3) is 0 Å². The van der Waals surface area contributed by atoms with Gasteiger partial charge in [-0.25, -0.2) is 14.6 Å². The van der Waals surface area contributed by atoms with Crippen molar-refractivity contribution in [2.45, 2.75) is 0 Å². The molecule has 0 saturated heterocycles. The van der Waals surface area contributed by atoms with Crippen molar-refractivity contribution in [3.8, 4) is 11.4 Å². The first kappa shape index (κ1) is 15.0. The summed E-state index contributed by atoms with van der Waals surface area (Å²) in [5.41, 5.74) is 2.34. The fourth-order valence-electron chi connectivity index (χ4n) is 2.66. The van der Waals surface area contributed by atoms with Gasteiger partial charge in [-0.05, 0) is 36.4 Å². The van der Waals surface area contributed by atoms with Crippen LogP contribution in [0.1, 0.15) is 16.1 Å². The number of para-hydroxylation sites is 1. The maximum atomic E-state index is 12.8. The lowest BCUT2D eigenvalue weighted by atomic mass is 10.1. The van der Waals surface area contributed by atoms with E-state index in [1.54, 1.807) is 42.3 Å². The molecule has 0 atom stereocenters. The van der Waals surface area contributed by atoms with Crippen LogP contribution in [0.2, 0.25) is 0 Å². The van der Waals surface area contributed by atoms with E-state index >= 15 is 0 Å². The molecule has 6 nitrogen and oxygen atoms in total. The number of fused-ring (bicyclic) bond motifs is 1. The first-order valence-electron chi connectivity index (χ1n) is 7.71. The van der Waals surface area contributed by atoms with Gasteiger partial charge in [-0.2, -0.15) is 5.10 Å². The highest BCUT2D eigenvalue weighted by Gasteiger charge is 2.18. The van der Waals surface area contributed by atoms with E-state index in [0.717, 1.165) is 5.69 Å². The van der Waals surface area contributed by atoms with Gasteiger partial charge in [0.05, 0.1) is 24.4 Å². The van der Waals surface area contributed by atoms with Crippen LogP contribution < -0.4 is 4.74 Å².